The third-order valence-electron chi connectivity index (χ3n) is 3.39. The lowest BCUT2D eigenvalue weighted by Crippen LogP contribution is -2.30. The average molecular weight is 314 g/mol. The van der Waals surface area contributed by atoms with Crippen molar-refractivity contribution in [3.63, 3.8) is 0 Å². The topological polar surface area (TPSA) is 58.6 Å². The van der Waals surface area contributed by atoms with E-state index in [-0.39, 0.29) is 0 Å². The first-order valence-electron chi connectivity index (χ1n) is 7.27. The first kappa shape index (κ1) is 18.1. The first-order chi connectivity index (χ1) is 9.97. The van der Waals surface area contributed by atoms with Crippen LogP contribution in [0, 0.1) is 0 Å². The van der Waals surface area contributed by atoms with Crippen LogP contribution >= 0.6 is 0 Å². The van der Waals surface area contributed by atoms with E-state index in [1.807, 2.05) is 20.0 Å². The Bertz CT molecular complexity index is 544. The van der Waals surface area contributed by atoms with Gasteiger partial charge in [0.05, 0.1) is 11.5 Å². The lowest BCUT2D eigenvalue weighted by molar-refractivity contribution is 0.138. The predicted octanol–water partition coefficient (Wildman–Crippen LogP) is 1.63. The Kier molecular flexibility index (Phi) is 7.31. The maximum absolute atomic E-state index is 12.5. The van der Waals surface area contributed by atoms with Gasteiger partial charge in [0.2, 0.25) is 10.0 Å². The number of hydrogen-bond donors (Lipinski definition) is 1. The van der Waals surface area contributed by atoms with Crippen LogP contribution in [-0.2, 0) is 27.7 Å². The van der Waals surface area contributed by atoms with Crippen molar-refractivity contribution in [2.45, 2.75) is 31.7 Å². The lowest BCUT2D eigenvalue weighted by Gasteiger charge is -2.18. The van der Waals surface area contributed by atoms with Gasteiger partial charge in [-0.3, -0.25) is 0 Å². The number of likely N-dealkylation sites (N-methyl/N-ethyl adjacent to an activating group) is 1. The first-order valence-corrected chi connectivity index (χ1v) is 8.71. The highest BCUT2D eigenvalue weighted by atomic mass is 32.2. The van der Waals surface area contributed by atoms with E-state index in [0.717, 1.165) is 12.0 Å². The number of hydrogen-bond acceptors (Lipinski definition) is 4. The summed E-state index contributed by atoms with van der Waals surface area (Å²) in [6, 6.07) is 5.35. The molecule has 0 fully saturated rings. The molecule has 0 bridgehead atoms. The van der Waals surface area contributed by atoms with Crippen molar-refractivity contribution in [3.8, 4) is 0 Å². The second kappa shape index (κ2) is 8.48. The molecule has 1 N–H and O–H groups in total. The molecule has 1 aromatic carbocycles. The smallest absolute Gasteiger partial charge is 0.242 e. The predicted molar refractivity (Wildman–Crippen MR) is 84.9 cm³/mol. The van der Waals surface area contributed by atoms with Crippen molar-refractivity contribution >= 4 is 10.0 Å². The van der Waals surface area contributed by atoms with E-state index < -0.39 is 10.0 Å². The number of benzene rings is 1. The Labute approximate surface area is 128 Å². The minimum absolute atomic E-state index is 0.337. The quantitative estimate of drug-likeness (QED) is 0.704. The standard InChI is InChI=1S/C15H26N2O3S/c1-5-13-7-8-15(11-14(13)12-16-3)21(18,19)17(4)9-10-20-6-2/h7-8,11,16H,5-6,9-10,12H2,1-4H3. The van der Waals surface area contributed by atoms with Gasteiger partial charge in [-0.1, -0.05) is 13.0 Å². The van der Waals surface area contributed by atoms with Crippen molar-refractivity contribution in [2.75, 3.05) is 33.9 Å². The zero-order valence-corrected chi connectivity index (χ0v) is 14.2. The van der Waals surface area contributed by atoms with Gasteiger partial charge < -0.3 is 10.1 Å². The van der Waals surface area contributed by atoms with E-state index in [1.165, 1.54) is 9.87 Å². The van der Waals surface area contributed by atoms with E-state index in [2.05, 4.69) is 12.2 Å². The highest BCUT2D eigenvalue weighted by Gasteiger charge is 2.21. The van der Waals surface area contributed by atoms with Crippen LogP contribution < -0.4 is 5.32 Å². The Morgan fingerprint density at radius 1 is 1.24 bits per heavy atom. The molecule has 21 heavy (non-hydrogen) atoms. The van der Waals surface area contributed by atoms with Crippen LogP contribution in [0.4, 0.5) is 0 Å². The molecule has 6 heteroatoms. The highest BCUT2D eigenvalue weighted by Crippen LogP contribution is 2.19. The van der Waals surface area contributed by atoms with Crippen LogP contribution in [0.25, 0.3) is 0 Å². The van der Waals surface area contributed by atoms with E-state index in [4.69, 9.17) is 4.74 Å². The summed E-state index contributed by atoms with van der Waals surface area (Å²) in [6.07, 6.45) is 0.886. The van der Waals surface area contributed by atoms with E-state index in [1.54, 1.807) is 19.2 Å². The van der Waals surface area contributed by atoms with Crippen LogP contribution in [-0.4, -0.2) is 46.6 Å². The van der Waals surface area contributed by atoms with Crippen LogP contribution in [0.2, 0.25) is 0 Å². The molecule has 0 heterocycles. The second-order valence-corrected chi connectivity index (χ2v) is 6.88. The van der Waals surface area contributed by atoms with Gasteiger partial charge in [0, 0.05) is 26.7 Å². The van der Waals surface area contributed by atoms with Crippen molar-refractivity contribution in [1.29, 1.82) is 0 Å². The van der Waals surface area contributed by atoms with E-state index >= 15 is 0 Å². The molecule has 0 saturated carbocycles. The summed E-state index contributed by atoms with van der Waals surface area (Å²) in [5, 5.41) is 3.08. The van der Waals surface area contributed by atoms with Gasteiger partial charge in [0.1, 0.15) is 0 Å². The fourth-order valence-corrected chi connectivity index (χ4v) is 3.31. The maximum atomic E-state index is 12.5. The van der Waals surface area contributed by atoms with Gasteiger partial charge in [-0.15, -0.1) is 0 Å². The lowest BCUT2D eigenvalue weighted by atomic mass is 10.1. The van der Waals surface area contributed by atoms with Crippen molar-refractivity contribution in [3.05, 3.63) is 29.3 Å². The molecule has 0 spiro atoms. The zero-order chi connectivity index (χ0) is 15.9. The number of nitrogens with one attached hydrogen (secondary N) is 1. The maximum Gasteiger partial charge on any atom is 0.242 e. The molecule has 0 aromatic heterocycles. The molecular weight excluding hydrogens is 288 g/mol. The van der Waals surface area contributed by atoms with Crippen LogP contribution in [0.3, 0.4) is 0 Å². The van der Waals surface area contributed by atoms with Gasteiger partial charge in [-0.25, -0.2) is 8.42 Å². The molecule has 0 amide bonds. The van der Waals surface area contributed by atoms with Crippen molar-refractivity contribution in [2.24, 2.45) is 0 Å². The third-order valence-corrected chi connectivity index (χ3v) is 5.24. The SMILES string of the molecule is CCOCCN(C)S(=O)(=O)c1ccc(CC)c(CNC)c1. The summed E-state index contributed by atoms with van der Waals surface area (Å²) < 4.78 is 31.6. The summed E-state index contributed by atoms with van der Waals surface area (Å²) in [6.45, 7) is 5.97. The summed E-state index contributed by atoms with van der Waals surface area (Å²) >= 11 is 0. The van der Waals surface area contributed by atoms with Gasteiger partial charge in [0.25, 0.3) is 0 Å². The van der Waals surface area contributed by atoms with E-state index in [9.17, 15) is 8.42 Å². The largest absolute Gasteiger partial charge is 0.380 e. The fraction of sp³-hybridized carbons (Fsp3) is 0.600. The van der Waals surface area contributed by atoms with Crippen LogP contribution in [0.5, 0.6) is 0 Å². The molecule has 5 nitrogen and oxygen atoms in total. The van der Waals surface area contributed by atoms with Crippen molar-refractivity contribution < 1.29 is 13.2 Å². The molecule has 1 rings (SSSR count). The van der Waals surface area contributed by atoms with Crippen LogP contribution in [0.15, 0.2) is 23.1 Å². The van der Waals surface area contributed by atoms with Gasteiger partial charge in [0.15, 0.2) is 0 Å². The molecule has 1 aromatic rings. The number of sulfonamides is 1. The highest BCUT2D eigenvalue weighted by molar-refractivity contribution is 7.89. The van der Waals surface area contributed by atoms with Gasteiger partial charge >= 0.3 is 0 Å². The minimum atomic E-state index is -3.46. The number of aryl methyl sites for hydroxylation is 1. The minimum Gasteiger partial charge on any atom is -0.380 e. The molecule has 0 aliphatic carbocycles. The summed E-state index contributed by atoms with van der Waals surface area (Å²) in [4.78, 5) is 0.337. The second-order valence-electron chi connectivity index (χ2n) is 4.84. The fourth-order valence-electron chi connectivity index (χ4n) is 2.10. The van der Waals surface area contributed by atoms with Crippen LogP contribution in [0.1, 0.15) is 25.0 Å². The Balaban J connectivity index is 2.99. The summed E-state index contributed by atoms with van der Waals surface area (Å²) in [7, 11) is -0.0205. The summed E-state index contributed by atoms with van der Waals surface area (Å²) in [5.74, 6) is 0. The summed E-state index contributed by atoms with van der Waals surface area (Å²) in [5.41, 5.74) is 2.19. The molecular formula is C15H26N2O3S. The molecule has 0 aliphatic rings. The van der Waals surface area contributed by atoms with Gasteiger partial charge in [-0.05, 0) is 43.7 Å². The molecule has 0 radical (unpaired) electrons. The normalized spacial score (nSPS) is 12.0. The third kappa shape index (κ3) is 4.78. The van der Waals surface area contributed by atoms with Crippen molar-refractivity contribution in [1.82, 2.24) is 9.62 Å². The molecule has 0 atom stereocenters. The Hall–Kier alpha value is -0.950. The molecule has 0 saturated heterocycles. The Morgan fingerprint density at radius 3 is 2.52 bits per heavy atom. The molecule has 0 aliphatic heterocycles. The number of ether oxygens (including phenoxy) is 1. The van der Waals surface area contributed by atoms with E-state index in [0.29, 0.717) is 31.2 Å². The number of rotatable bonds is 9. The molecule has 120 valence electrons. The number of nitrogens with zero attached hydrogens (tertiary/aromatic N) is 1. The monoisotopic (exact) mass is 314 g/mol. The molecule has 0 unspecified atom stereocenters. The zero-order valence-electron chi connectivity index (χ0n) is 13.3. The average Bonchev–Trinajstić information content (AvgIpc) is 2.47. The Morgan fingerprint density at radius 2 is 1.95 bits per heavy atom. The van der Waals surface area contributed by atoms with Gasteiger partial charge in [-0.2, -0.15) is 4.31 Å².